The van der Waals surface area contributed by atoms with E-state index in [1.807, 2.05) is 6.92 Å². The zero-order valence-electron chi connectivity index (χ0n) is 9.99. The zero-order valence-corrected chi connectivity index (χ0v) is 9.99. The molecule has 1 N–H and O–H groups in total. The van der Waals surface area contributed by atoms with E-state index in [4.69, 9.17) is 4.74 Å². The Labute approximate surface area is 95.1 Å². The highest BCUT2D eigenvalue weighted by Crippen LogP contribution is 2.37. The maximum absolute atomic E-state index is 11.4. The standard InChI is InChI=1S/C12H18N2O2/c1-7(2)8(3)16-11-6-10(15)13-12(14-11)9-4-5-9/h6-9H,4-5H2,1-3H3,(H,13,14,15). The lowest BCUT2D eigenvalue weighted by Gasteiger charge is -2.17. The van der Waals surface area contributed by atoms with Crippen molar-refractivity contribution in [3.8, 4) is 5.88 Å². The van der Waals surface area contributed by atoms with E-state index in [2.05, 4.69) is 23.8 Å². The second-order valence-corrected chi connectivity index (χ2v) is 4.81. The molecule has 0 radical (unpaired) electrons. The topological polar surface area (TPSA) is 55.0 Å². The van der Waals surface area contributed by atoms with Gasteiger partial charge in [0, 0.05) is 5.92 Å². The van der Waals surface area contributed by atoms with Gasteiger partial charge in [-0.05, 0) is 25.7 Å². The molecule has 1 aliphatic carbocycles. The lowest BCUT2D eigenvalue weighted by atomic mass is 10.1. The Balaban J connectivity index is 2.17. The fraction of sp³-hybridized carbons (Fsp3) is 0.667. The summed E-state index contributed by atoms with van der Waals surface area (Å²) in [4.78, 5) is 18.5. The minimum Gasteiger partial charge on any atom is -0.474 e. The number of nitrogens with zero attached hydrogens (tertiary/aromatic N) is 1. The molecule has 1 aromatic heterocycles. The molecule has 0 bridgehead atoms. The van der Waals surface area contributed by atoms with Crippen LogP contribution >= 0.6 is 0 Å². The maximum Gasteiger partial charge on any atom is 0.254 e. The van der Waals surface area contributed by atoms with Gasteiger partial charge in [0.1, 0.15) is 5.82 Å². The van der Waals surface area contributed by atoms with Crippen LogP contribution in [0, 0.1) is 5.92 Å². The fourth-order valence-electron chi connectivity index (χ4n) is 1.39. The molecule has 1 aliphatic rings. The summed E-state index contributed by atoms with van der Waals surface area (Å²) in [7, 11) is 0. The van der Waals surface area contributed by atoms with Gasteiger partial charge >= 0.3 is 0 Å². The zero-order chi connectivity index (χ0) is 11.7. The number of ether oxygens (including phenoxy) is 1. The molecule has 1 unspecified atom stereocenters. The number of aromatic nitrogens is 2. The third kappa shape index (κ3) is 2.62. The molecule has 0 aliphatic heterocycles. The van der Waals surface area contributed by atoms with Crippen molar-refractivity contribution in [1.29, 1.82) is 0 Å². The first-order valence-corrected chi connectivity index (χ1v) is 5.84. The highest BCUT2D eigenvalue weighted by atomic mass is 16.5. The predicted molar refractivity (Wildman–Crippen MR) is 61.8 cm³/mol. The third-order valence-electron chi connectivity index (χ3n) is 2.95. The predicted octanol–water partition coefficient (Wildman–Crippen LogP) is 2.07. The van der Waals surface area contributed by atoms with E-state index < -0.39 is 0 Å². The van der Waals surface area contributed by atoms with Crippen LogP contribution in [-0.4, -0.2) is 16.1 Å². The summed E-state index contributed by atoms with van der Waals surface area (Å²) in [6.45, 7) is 6.16. The number of rotatable bonds is 4. The van der Waals surface area contributed by atoms with E-state index in [-0.39, 0.29) is 11.7 Å². The average Bonchev–Trinajstić information content (AvgIpc) is 2.99. The molecule has 4 nitrogen and oxygen atoms in total. The fourth-order valence-corrected chi connectivity index (χ4v) is 1.39. The van der Waals surface area contributed by atoms with E-state index >= 15 is 0 Å². The summed E-state index contributed by atoms with van der Waals surface area (Å²) in [5.41, 5.74) is -0.122. The van der Waals surface area contributed by atoms with Crippen LogP contribution < -0.4 is 10.3 Å². The molecule has 1 atom stereocenters. The summed E-state index contributed by atoms with van der Waals surface area (Å²) in [6, 6.07) is 1.42. The van der Waals surface area contributed by atoms with Gasteiger partial charge < -0.3 is 9.72 Å². The molecule has 0 amide bonds. The Kier molecular flexibility index (Phi) is 2.99. The Hall–Kier alpha value is -1.32. The van der Waals surface area contributed by atoms with Crippen molar-refractivity contribution >= 4 is 0 Å². The van der Waals surface area contributed by atoms with E-state index in [1.165, 1.54) is 6.07 Å². The molecule has 1 heterocycles. The van der Waals surface area contributed by atoms with Crippen LogP contribution in [0.15, 0.2) is 10.9 Å². The monoisotopic (exact) mass is 222 g/mol. The Morgan fingerprint density at radius 3 is 2.69 bits per heavy atom. The van der Waals surface area contributed by atoms with E-state index in [0.717, 1.165) is 18.7 Å². The molecule has 88 valence electrons. The minimum atomic E-state index is -0.122. The van der Waals surface area contributed by atoms with Crippen LogP contribution in [0.1, 0.15) is 45.4 Å². The first-order valence-electron chi connectivity index (χ1n) is 5.84. The van der Waals surface area contributed by atoms with Gasteiger partial charge in [0.05, 0.1) is 12.2 Å². The molecule has 4 heteroatoms. The lowest BCUT2D eigenvalue weighted by Crippen LogP contribution is -2.21. The highest BCUT2D eigenvalue weighted by molar-refractivity contribution is 5.14. The van der Waals surface area contributed by atoms with Gasteiger partial charge in [0.25, 0.3) is 5.56 Å². The molecule has 0 aromatic carbocycles. The SMILES string of the molecule is CC(C)C(C)Oc1cc(=O)[nH]c(C2CC2)n1. The maximum atomic E-state index is 11.4. The van der Waals surface area contributed by atoms with Crippen LogP contribution in [-0.2, 0) is 0 Å². The van der Waals surface area contributed by atoms with Crippen molar-refractivity contribution < 1.29 is 4.74 Å². The second-order valence-electron chi connectivity index (χ2n) is 4.81. The number of hydrogen-bond donors (Lipinski definition) is 1. The van der Waals surface area contributed by atoms with E-state index in [9.17, 15) is 4.79 Å². The minimum absolute atomic E-state index is 0.0707. The quantitative estimate of drug-likeness (QED) is 0.848. The van der Waals surface area contributed by atoms with Crippen molar-refractivity contribution in [2.24, 2.45) is 5.92 Å². The Morgan fingerprint density at radius 1 is 1.44 bits per heavy atom. The van der Waals surface area contributed by atoms with Crippen molar-refractivity contribution in [3.05, 3.63) is 22.2 Å². The normalized spacial score (nSPS) is 17.5. The smallest absolute Gasteiger partial charge is 0.254 e. The number of H-pyrrole nitrogens is 1. The Bertz CT molecular complexity index is 421. The second kappa shape index (κ2) is 4.28. The molecule has 0 saturated heterocycles. The van der Waals surface area contributed by atoms with Crippen LogP contribution in [0.3, 0.4) is 0 Å². The lowest BCUT2D eigenvalue weighted by molar-refractivity contribution is 0.162. The third-order valence-corrected chi connectivity index (χ3v) is 2.95. The van der Waals surface area contributed by atoms with Crippen molar-refractivity contribution in [2.45, 2.75) is 45.6 Å². The summed E-state index contributed by atoms with van der Waals surface area (Å²) in [6.07, 6.45) is 2.31. The summed E-state index contributed by atoms with van der Waals surface area (Å²) in [5.74, 6) is 2.07. The van der Waals surface area contributed by atoms with Gasteiger partial charge in [-0.25, -0.2) is 0 Å². The Morgan fingerprint density at radius 2 is 2.12 bits per heavy atom. The summed E-state index contributed by atoms with van der Waals surface area (Å²) < 4.78 is 5.64. The number of hydrogen-bond acceptors (Lipinski definition) is 3. The van der Waals surface area contributed by atoms with Crippen molar-refractivity contribution in [2.75, 3.05) is 0 Å². The summed E-state index contributed by atoms with van der Waals surface area (Å²) >= 11 is 0. The van der Waals surface area contributed by atoms with Crippen LogP contribution in [0.25, 0.3) is 0 Å². The molecule has 2 rings (SSSR count). The van der Waals surface area contributed by atoms with Gasteiger partial charge in [-0.15, -0.1) is 0 Å². The molecule has 1 saturated carbocycles. The van der Waals surface area contributed by atoms with E-state index in [1.54, 1.807) is 0 Å². The number of aromatic amines is 1. The van der Waals surface area contributed by atoms with Gasteiger partial charge in [-0.1, -0.05) is 13.8 Å². The van der Waals surface area contributed by atoms with Gasteiger partial charge in [-0.2, -0.15) is 4.98 Å². The van der Waals surface area contributed by atoms with Crippen molar-refractivity contribution in [3.63, 3.8) is 0 Å². The largest absolute Gasteiger partial charge is 0.474 e. The first kappa shape index (κ1) is 11.2. The van der Waals surface area contributed by atoms with Crippen LogP contribution in [0.2, 0.25) is 0 Å². The van der Waals surface area contributed by atoms with E-state index in [0.29, 0.717) is 17.7 Å². The molecule has 1 aromatic rings. The van der Waals surface area contributed by atoms with Gasteiger partial charge in [0.15, 0.2) is 0 Å². The van der Waals surface area contributed by atoms with Crippen LogP contribution in [0.5, 0.6) is 5.88 Å². The molecule has 0 spiro atoms. The molecule has 1 fully saturated rings. The molecular weight excluding hydrogens is 204 g/mol. The molecule has 16 heavy (non-hydrogen) atoms. The number of nitrogens with one attached hydrogen (secondary N) is 1. The average molecular weight is 222 g/mol. The van der Waals surface area contributed by atoms with Gasteiger partial charge in [0.2, 0.25) is 5.88 Å². The van der Waals surface area contributed by atoms with Crippen LogP contribution in [0.4, 0.5) is 0 Å². The first-order chi connectivity index (χ1) is 7.56. The van der Waals surface area contributed by atoms with Crippen molar-refractivity contribution in [1.82, 2.24) is 9.97 Å². The summed E-state index contributed by atoms with van der Waals surface area (Å²) in [5, 5.41) is 0. The van der Waals surface area contributed by atoms with Gasteiger partial charge in [-0.3, -0.25) is 4.79 Å². The molecular formula is C12H18N2O2. The highest BCUT2D eigenvalue weighted by Gasteiger charge is 2.26.